The number of rotatable bonds is 4. The molecule has 0 spiro atoms. The van der Waals surface area contributed by atoms with Gasteiger partial charge in [0.25, 0.3) is 0 Å². The first-order valence-electron chi connectivity index (χ1n) is 7.02. The molecule has 0 amide bonds. The van der Waals surface area contributed by atoms with Crippen molar-refractivity contribution in [2.45, 2.75) is 58.8 Å². The lowest BCUT2D eigenvalue weighted by atomic mass is 9.83. The van der Waals surface area contributed by atoms with Crippen LogP contribution < -0.4 is 0 Å². The molecule has 2 rings (SSSR count). The molecule has 0 fully saturated rings. The number of phenolic OH excluding ortho intramolecular Hbond substituents is 1. The Bertz CT molecular complexity index is 461. The van der Waals surface area contributed by atoms with Crippen LogP contribution in [-0.4, -0.2) is 10.9 Å². The van der Waals surface area contributed by atoms with Gasteiger partial charge in [-0.2, -0.15) is 0 Å². The van der Waals surface area contributed by atoms with Crippen LogP contribution >= 0.6 is 0 Å². The van der Waals surface area contributed by atoms with E-state index in [1.807, 2.05) is 6.07 Å². The van der Waals surface area contributed by atoms with Crippen LogP contribution in [0.3, 0.4) is 0 Å². The summed E-state index contributed by atoms with van der Waals surface area (Å²) in [7, 11) is 0. The predicted molar refractivity (Wildman–Crippen MR) is 73.4 cm³/mol. The van der Waals surface area contributed by atoms with Crippen molar-refractivity contribution in [1.82, 2.24) is 0 Å². The molecule has 0 saturated heterocycles. The summed E-state index contributed by atoms with van der Waals surface area (Å²) in [6, 6.07) is 1.82. The number of carbonyl (C=O) groups excluding carboxylic acids is 1. The Balaban J connectivity index is 2.54. The van der Waals surface area contributed by atoms with Crippen molar-refractivity contribution in [2.75, 3.05) is 0 Å². The van der Waals surface area contributed by atoms with Gasteiger partial charge < -0.3 is 5.11 Å². The van der Waals surface area contributed by atoms with Crippen molar-refractivity contribution in [2.24, 2.45) is 0 Å². The van der Waals surface area contributed by atoms with E-state index in [2.05, 4.69) is 6.92 Å². The van der Waals surface area contributed by atoms with E-state index < -0.39 is 0 Å². The molecule has 1 N–H and O–H groups in total. The van der Waals surface area contributed by atoms with E-state index in [0.29, 0.717) is 5.56 Å². The van der Waals surface area contributed by atoms with Crippen LogP contribution in [0.4, 0.5) is 0 Å². The van der Waals surface area contributed by atoms with Crippen LogP contribution in [0.5, 0.6) is 5.75 Å². The van der Waals surface area contributed by atoms with Crippen molar-refractivity contribution in [1.29, 1.82) is 0 Å². The fourth-order valence-electron chi connectivity index (χ4n) is 3.00. The van der Waals surface area contributed by atoms with Gasteiger partial charge in [0, 0.05) is 0 Å². The van der Waals surface area contributed by atoms with Gasteiger partial charge in [-0.3, -0.25) is 4.79 Å². The minimum atomic E-state index is -0.00743. The van der Waals surface area contributed by atoms with E-state index >= 15 is 0 Å². The number of benzene rings is 1. The summed E-state index contributed by atoms with van der Waals surface area (Å²) in [6.07, 6.45) is 7.61. The van der Waals surface area contributed by atoms with Crippen LogP contribution in [0.15, 0.2) is 6.07 Å². The summed E-state index contributed by atoms with van der Waals surface area (Å²) in [5, 5.41) is 10.1. The average Bonchev–Trinajstić information content (AvgIpc) is 2.34. The third kappa shape index (κ3) is 2.43. The van der Waals surface area contributed by atoms with Gasteiger partial charge in [-0.05, 0) is 68.2 Å². The van der Waals surface area contributed by atoms with Gasteiger partial charge in [0.15, 0.2) is 5.78 Å². The van der Waals surface area contributed by atoms with E-state index in [9.17, 15) is 9.90 Å². The van der Waals surface area contributed by atoms with E-state index in [1.54, 1.807) is 6.92 Å². The van der Waals surface area contributed by atoms with Crippen LogP contribution in [0.1, 0.15) is 66.6 Å². The highest BCUT2D eigenvalue weighted by Gasteiger charge is 2.21. The number of Topliss-reactive ketones (excluding diaryl/α,β-unsaturated/α-hetero) is 1. The summed E-state index contributed by atoms with van der Waals surface area (Å²) < 4.78 is 0. The molecule has 0 heterocycles. The van der Waals surface area contributed by atoms with Crippen molar-refractivity contribution in [3.05, 3.63) is 28.3 Å². The predicted octanol–water partition coefficient (Wildman–Crippen LogP) is 3.82. The van der Waals surface area contributed by atoms with Crippen molar-refractivity contribution < 1.29 is 9.90 Å². The maximum absolute atomic E-state index is 11.8. The number of aryl methyl sites for hydroxylation is 1. The number of aromatic hydroxyl groups is 1. The van der Waals surface area contributed by atoms with Gasteiger partial charge in [-0.1, -0.05) is 13.3 Å². The molecule has 0 aliphatic heterocycles. The van der Waals surface area contributed by atoms with Gasteiger partial charge in [-0.15, -0.1) is 0 Å². The number of hydrogen-bond acceptors (Lipinski definition) is 2. The number of hydrogen-bond donors (Lipinski definition) is 1. The van der Waals surface area contributed by atoms with E-state index in [-0.39, 0.29) is 11.5 Å². The number of ketones is 1. The fourth-order valence-corrected chi connectivity index (χ4v) is 3.00. The molecule has 0 saturated carbocycles. The Kier molecular flexibility index (Phi) is 4.05. The van der Waals surface area contributed by atoms with Crippen LogP contribution in [0.25, 0.3) is 0 Å². The van der Waals surface area contributed by atoms with Gasteiger partial charge >= 0.3 is 0 Å². The smallest absolute Gasteiger partial charge is 0.163 e. The van der Waals surface area contributed by atoms with Gasteiger partial charge in [-0.25, -0.2) is 0 Å². The Hall–Kier alpha value is -1.31. The lowest BCUT2D eigenvalue weighted by Crippen LogP contribution is -2.11. The minimum absolute atomic E-state index is 0.00743. The Morgan fingerprint density at radius 1 is 1.33 bits per heavy atom. The molecule has 1 aliphatic rings. The summed E-state index contributed by atoms with van der Waals surface area (Å²) in [4.78, 5) is 11.8. The number of carbonyl (C=O) groups is 1. The highest BCUT2D eigenvalue weighted by atomic mass is 16.3. The van der Waals surface area contributed by atoms with Gasteiger partial charge in [0.1, 0.15) is 5.75 Å². The van der Waals surface area contributed by atoms with Crippen molar-refractivity contribution in [3.8, 4) is 5.75 Å². The van der Waals surface area contributed by atoms with Crippen molar-refractivity contribution in [3.63, 3.8) is 0 Å². The third-order valence-corrected chi connectivity index (χ3v) is 3.88. The summed E-state index contributed by atoms with van der Waals surface area (Å²) in [5.41, 5.74) is 4.30. The first kappa shape index (κ1) is 13.1. The standard InChI is InChI=1S/C16H22O2/c1-3-4-8-14-13-9-6-5-7-12(13)10-15(18)16(14)11(2)17/h10,18H,3-9H2,1-2H3. The molecule has 1 aliphatic carbocycles. The quantitative estimate of drug-likeness (QED) is 0.820. The molecular formula is C16H22O2. The summed E-state index contributed by atoms with van der Waals surface area (Å²) in [5.74, 6) is 0.182. The lowest BCUT2D eigenvalue weighted by Gasteiger charge is -2.22. The molecule has 1 aromatic rings. The molecule has 0 bridgehead atoms. The average molecular weight is 246 g/mol. The van der Waals surface area contributed by atoms with Gasteiger partial charge in [0.2, 0.25) is 0 Å². The molecule has 1 aromatic carbocycles. The lowest BCUT2D eigenvalue weighted by molar-refractivity contribution is 0.101. The SMILES string of the molecule is CCCCc1c2c(cc(O)c1C(C)=O)CCCC2. The first-order chi connectivity index (χ1) is 8.65. The monoisotopic (exact) mass is 246 g/mol. The maximum Gasteiger partial charge on any atom is 0.163 e. The molecule has 0 radical (unpaired) electrons. The first-order valence-corrected chi connectivity index (χ1v) is 7.02. The number of phenols is 1. The molecule has 0 aromatic heterocycles. The highest BCUT2D eigenvalue weighted by Crippen LogP contribution is 2.34. The maximum atomic E-state index is 11.8. The summed E-state index contributed by atoms with van der Waals surface area (Å²) >= 11 is 0. The Morgan fingerprint density at radius 3 is 2.72 bits per heavy atom. The highest BCUT2D eigenvalue weighted by molar-refractivity contribution is 5.98. The van der Waals surface area contributed by atoms with E-state index in [1.165, 1.54) is 24.0 Å². The second-order valence-corrected chi connectivity index (χ2v) is 5.25. The molecule has 0 atom stereocenters. The molecule has 98 valence electrons. The minimum Gasteiger partial charge on any atom is -0.507 e. The fraction of sp³-hybridized carbons (Fsp3) is 0.562. The molecule has 0 unspecified atom stereocenters. The molecule has 2 nitrogen and oxygen atoms in total. The normalized spacial score (nSPS) is 14.3. The molecule has 18 heavy (non-hydrogen) atoms. The number of fused-ring (bicyclic) bond motifs is 1. The zero-order valence-corrected chi connectivity index (χ0v) is 11.4. The van der Waals surface area contributed by atoms with E-state index in [4.69, 9.17) is 0 Å². The second-order valence-electron chi connectivity index (χ2n) is 5.25. The Morgan fingerprint density at radius 2 is 2.06 bits per heavy atom. The number of unbranched alkanes of at least 4 members (excludes halogenated alkanes) is 1. The summed E-state index contributed by atoms with van der Waals surface area (Å²) in [6.45, 7) is 3.71. The third-order valence-electron chi connectivity index (χ3n) is 3.88. The zero-order chi connectivity index (χ0) is 13.1. The van der Waals surface area contributed by atoms with Crippen molar-refractivity contribution >= 4 is 5.78 Å². The topological polar surface area (TPSA) is 37.3 Å². The van der Waals surface area contributed by atoms with Crippen LogP contribution in [-0.2, 0) is 19.3 Å². The second kappa shape index (κ2) is 5.55. The Labute approximate surface area is 109 Å². The van der Waals surface area contributed by atoms with Crippen LogP contribution in [0, 0.1) is 0 Å². The largest absolute Gasteiger partial charge is 0.507 e. The van der Waals surface area contributed by atoms with Gasteiger partial charge in [0.05, 0.1) is 5.56 Å². The molecule has 2 heteroatoms. The van der Waals surface area contributed by atoms with E-state index in [0.717, 1.165) is 37.7 Å². The molecular weight excluding hydrogens is 224 g/mol. The zero-order valence-electron chi connectivity index (χ0n) is 11.4. The van der Waals surface area contributed by atoms with Crippen LogP contribution in [0.2, 0.25) is 0 Å².